The molecule has 2 atom stereocenters. The number of carbonyl (C=O) groups excluding carboxylic acids is 1. The van der Waals surface area contributed by atoms with E-state index in [1.807, 2.05) is 9.80 Å². The third-order valence-electron chi connectivity index (χ3n) is 3.93. The SMILES string of the molecule is CC1CC2CC1=CN2C(=O)N1CCOCC1. The summed E-state index contributed by atoms with van der Waals surface area (Å²) in [5.74, 6) is 0.679. The summed E-state index contributed by atoms with van der Waals surface area (Å²) in [5, 5.41) is 0. The molecule has 2 unspecified atom stereocenters. The van der Waals surface area contributed by atoms with Crippen molar-refractivity contribution in [3.63, 3.8) is 0 Å². The largest absolute Gasteiger partial charge is 0.378 e. The molecule has 1 saturated carbocycles. The van der Waals surface area contributed by atoms with Crippen LogP contribution in [0.4, 0.5) is 4.79 Å². The maximum Gasteiger partial charge on any atom is 0.324 e. The van der Waals surface area contributed by atoms with Crippen LogP contribution in [0.25, 0.3) is 0 Å². The summed E-state index contributed by atoms with van der Waals surface area (Å²) in [6.45, 7) is 5.08. The fraction of sp³-hybridized carbons (Fsp3) is 0.750. The van der Waals surface area contributed by atoms with Gasteiger partial charge < -0.3 is 9.64 Å². The Kier molecular flexibility index (Phi) is 2.39. The maximum atomic E-state index is 12.2. The predicted octanol–water partition coefficient (Wildman–Crippen LogP) is 1.44. The van der Waals surface area contributed by atoms with Crippen LogP contribution in [0.15, 0.2) is 11.8 Å². The average Bonchev–Trinajstić information content (AvgIpc) is 2.88. The molecule has 0 aromatic rings. The molecule has 1 aliphatic carbocycles. The van der Waals surface area contributed by atoms with E-state index in [0.717, 1.165) is 25.9 Å². The second kappa shape index (κ2) is 3.77. The molecule has 2 bridgehead atoms. The molecular weight excluding hydrogens is 204 g/mol. The minimum Gasteiger partial charge on any atom is -0.378 e. The summed E-state index contributed by atoms with van der Waals surface area (Å²) in [6.07, 6.45) is 4.32. The van der Waals surface area contributed by atoms with Crippen molar-refractivity contribution in [2.24, 2.45) is 5.92 Å². The van der Waals surface area contributed by atoms with Crippen LogP contribution < -0.4 is 0 Å². The smallest absolute Gasteiger partial charge is 0.324 e. The van der Waals surface area contributed by atoms with Gasteiger partial charge in [-0.25, -0.2) is 4.79 Å². The highest BCUT2D eigenvalue weighted by Gasteiger charge is 2.39. The molecule has 3 rings (SSSR count). The molecule has 4 nitrogen and oxygen atoms in total. The van der Waals surface area contributed by atoms with Crippen molar-refractivity contribution in [3.8, 4) is 0 Å². The first-order chi connectivity index (χ1) is 7.75. The number of fused-ring (bicyclic) bond motifs is 2. The van der Waals surface area contributed by atoms with Gasteiger partial charge in [0.05, 0.1) is 13.2 Å². The lowest BCUT2D eigenvalue weighted by atomic mass is 10.1. The Morgan fingerprint density at radius 1 is 1.44 bits per heavy atom. The van der Waals surface area contributed by atoms with Crippen molar-refractivity contribution in [2.45, 2.75) is 25.8 Å². The fourth-order valence-corrected chi connectivity index (χ4v) is 2.92. The van der Waals surface area contributed by atoms with E-state index < -0.39 is 0 Å². The zero-order chi connectivity index (χ0) is 11.1. The van der Waals surface area contributed by atoms with E-state index in [9.17, 15) is 4.79 Å². The van der Waals surface area contributed by atoms with E-state index in [1.54, 1.807) is 0 Å². The number of hydrogen-bond donors (Lipinski definition) is 0. The highest BCUT2D eigenvalue weighted by Crippen LogP contribution is 2.40. The molecular formula is C12H18N2O2. The molecule has 0 aromatic heterocycles. The number of carbonyl (C=O) groups is 1. The van der Waals surface area contributed by atoms with Crippen LogP contribution in [0.1, 0.15) is 19.8 Å². The molecule has 2 fully saturated rings. The second-order valence-electron chi connectivity index (χ2n) is 4.99. The summed E-state index contributed by atoms with van der Waals surface area (Å²) in [5.41, 5.74) is 1.45. The van der Waals surface area contributed by atoms with Gasteiger partial charge in [-0.05, 0) is 24.3 Å². The van der Waals surface area contributed by atoms with Crippen molar-refractivity contribution >= 4 is 6.03 Å². The lowest BCUT2D eigenvalue weighted by molar-refractivity contribution is 0.0444. The lowest BCUT2D eigenvalue weighted by Crippen LogP contribution is -2.48. The average molecular weight is 222 g/mol. The van der Waals surface area contributed by atoms with Gasteiger partial charge in [0, 0.05) is 25.3 Å². The fourth-order valence-electron chi connectivity index (χ4n) is 2.92. The number of morpholine rings is 1. The number of nitrogens with zero attached hydrogens (tertiary/aromatic N) is 2. The molecule has 4 heteroatoms. The number of hydrogen-bond acceptors (Lipinski definition) is 2. The van der Waals surface area contributed by atoms with Crippen molar-refractivity contribution < 1.29 is 9.53 Å². The van der Waals surface area contributed by atoms with Gasteiger partial charge in [0.15, 0.2) is 0 Å². The first-order valence-corrected chi connectivity index (χ1v) is 6.11. The first-order valence-electron chi connectivity index (χ1n) is 6.11. The van der Waals surface area contributed by atoms with Gasteiger partial charge in [-0.2, -0.15) is 0 Å². The van der Waals surface area contributed by atoms with E-state index in [2.05, 4.69) is 13.1 Å². The monoisotopic (exact) mass is 222 g/mol. The standard InChI is InChI=1S/C12H18N2O2/c1-9-6-11-7-10(9)8-14(11)12(15)13-2-4-16-5-3-13/h8-9,11H,2-7H2,1H3. The highest BCUT2D eigenvalue weighted by atomic mass is 16.5. The number of ether oxygens (including phenoxy) is 1. The molecule has 2 amide bonds. The van der Waals surface area contributed by atoms with Crippen molar-refractivity contribution in [3.05, 3.63) is 11.8 Å². The van der Waals surface area contributed by atoms with Crippen LogP contribution in [-0.4, -0.2) is 48.2 Å². The number of amides is 2. The van der Waals surface area contributed by atoms with Gasteiger partial charge >= 0.3 is 6.03 Å². The Labute approximate surface area is 95.8 Å². The van der Waals surface area contributed by atoms with E-state index >= 15 is 0 Å². The van der Waals surface area contributed by atoms with Crippen LogP contribution in [-0.2, 0) is 4.74 Å². The summed E-state index contributed by atoms with van der Waals surface area (Å²) in [4.78, 5) is 16.1. The maximum absolute atomic E-state index is 12.2. The lowest BCUT2D eigenvalue weighted by Gasteiger charge is -2.33. The topological polar surface area (TPSA) is 32.8 Å². The summed E-state index contributed by atoms with van der Waals surface area (Å²) in [6, 6.07) is 0.607. The van der Waals surface area contributed by atoms with Gasteiger partial charge in [-0.15, -0.1) is 0 Å². The minimum absolute atomic E-state index is 0.176. The van der Waals surface area contributed by atoms with Crippen LogP contribution in [0.2, 0.25) is 0 Å². The third kappa shape index (κ3) is 1.52. The normalized spacial score (nSPS) is 33.2. The van der Waals surface area contributed by atoms with E-state index in [-0.39, 0.29) is 6.03 Å². The van der Waals surface area contributed by atoms with Crippen LogP contribution in [0, 0.1) is 5.92 Å². The van der Waals surface area contributed by atoms with Crippen molar-refractivity contribution in [1.82, 2.24) is 9.80 Å². The van der Waals surface area contributed by atoms with Gasteiger partial charge in [-0.3, -0.25) is 4.90 Å². The van der Waals surface area contributed by atoms with Crippen LogP contribution >= 0.6 is 0 Å². The molecule has 1 saturated heterocycles. The molecule has 0 radical (unpaired) electrons. The molecule has 2 aliphatic heterocycles. The minimum atomic E-state index is 0.176. The molecule has 2 heterocycles. The van der Waals surface area contributed by atoms with Gasteiger partial charge in [0.25, 0.3) is 0 Å². The summed E-state index contributed by atoms with van der Waals surface area (Å²) < 4.78 is 5.26. The Balaban J connectivity index is 1.70. The third-order valence-corrected chi connectivity index (χ3v) is 3.93. The molecule has 16 heavy (non-hydrogen) atoms. The molecule has 3 aliphatic rings. The summed E-state index contributed by atoms with van der Waals surface area (Å²) >= 11 is 0. The molecule has 88 valence electrons. The van der Waals surface area contributed by atoms with Crippen LogP contribution in [0.3, 0.4) is 0 Å². The quantitative estimate of drug-likeness (QED) is 0.621. The first kappa shape index (κ1) is 10.1. The van der Waals surface area contributed by atoms with Crippen molar-refractivity contribution in [1.29, 1.82) is 0 Å². The summed E-state index contributed by atoms with van der Waals surface area (Å²) in [7, 11) is 0. The highest BCUT2D eigenvalue weighted by molar-refractivity contribution is 5.77. The number of urea groups is 1. The Hall–Kier alpha value is -1.03. The van der Waals surface area contributed by atoms with Crippen LogP contribution in [0.5, 0.6) is 0 Å². The molecule has 0 N–H and O–H groups in total. The molecule has 0 spiro atoms. The zero-order valence-electron chi connectivity index (χ0n) is 9.69. The van der Waals surface area contributed by atoms with E-state index in [4.69, 9.17) is 4.74 Å². The van der Waals surface area contributed by atoms with E-state index in [1.165, 1.54) is 5.57 Å². The van der Waals surface area contributed by atoms with E-state index in [0.29, 0.717) is 25.2 Å². The van der Waals surface area contributed by atoms with Crippen molar-refractivity contribution in [2.75, 3.05) is 26.3 Å². The Morgan fingerprint density at radius 2 is 2.19 bits per heavy atom. The molecule has 0 aromatic carbocycles. The predicted molar refractivity (Wildman–Crippen MR) is 59.9 cm³/mol. The van der Waals surface area contributed by atoms with Gasteiger partial charge in [-0.1, -0.05) is 6.92 Å². The van der Waals surface area contributed by atoms with Gasteiger partial charge in [0.1, 0.15) is 0 Å². The Bertz CT molecular complexity index is 334. The Morgan fingerprint density at radius 3 is 2.75 bits per heavy atom. The second-order valence-corrected chi connectivity index (χ2v) is 4.99. The zero-order valence-corrected chi connectivity index (χ0v) is 9.69. The number of rotatable bonds is 0. The van der Waals surface area contributed by atoms with Gasteiger partial charge in [0.2, 0.25) is 0 Å².